The van der Waals surface area contributed by atoms with Crippen molar-refractivity contribution in [2.75, 3.05) is 14.2 Å². The van der Waals surface area contributed by atoms with Crippen molar-refractivity contribution in [3.8, 4) is 22.6 Å². The van der Waals surface area contributed by atoms with Gasteiger partial charge in [-0.25, -0.2) is 0 Å². The third kappa shape index (κ3) is 6.80. The minimum atomic E-state index is -0.00975. The second-order valence-electron chi connectivity index (χ2n) is 10.9. The van der Waals surface area contributed by atoms with E-state index in [9.17, 15) is 4.79 Å². The second kappa shape index (κ2) is 12.5. The SMILES string of the molecule is CCCCCCC(C)(C)c1cc(OC)c(-c2cc(C)ccc2C(=O)N(C(C)C)C(C)C)c(OC)c1. The van der Waals surface area contributed by atoms with Crippen molar-refractivity contribution in [1.29, 1.82) is 0 Å². The van der Waals surface area contributed by atoms with Gasteiger partial charge in [0.1, 0.15) is 11.5 Å². The molecule has 0 aromatic heterocycles. The number of nitrogens with zero attached hydrogens (tertiary/aromatic N) is 1. The van der Waals surface area contributed by atoms with Crippen LogP contribution in [0.1, 0.15) is 102 Å². The van der Waals surface area contributed by atoms with Crippen molar-refractivity contribution in [3.05, 3.63) is 47.0 Å². The molecule has 4 nitrogen and oxygen atoms in total. The summed E-state index contributed by atoms with van der Waals surface area (Å²) in [6.07, 6.45) is 6.06. The standard InChI is InChI=1S/C31H47NO3/c1-11-12-13-14-17-31(7,8)24-19-27(34-9)29(28(20-24)35-10)26-18-23(6)15-16-25(26)30(33)32(21(2)3)22(4)5/h15-16,18-22H,11-14,17H2,1-10H3. The maximum atomic E-state index is 13.8. The van der Waals surface area contributed by atoms with E-state index in [1.54, 1.807) is 14.2 Å². The molecular weight excluding hydrogens is 434 g/mol. The first kappa shape index (κ1) is 28.7. The molecule has 0 saturated heterocycles. The Morgan fingerprint density at radius 1 is 0.914 bits per heavy atom. The lowest BCUT2D eigenvalue weighted by molar-refractivity contribution is 0.0644. The van der Waals surface area contributed by atoms with Gasteiger partial charge < -0.3 is 14.4 Å². The lowest BCUT2D eigenvalue weighted by atomic mass is 9.79. The van der Waals surface area contributed by atoms with Crippen molar-refractivity contribution in [1.82, 2.24) is 4.90 Å². The van der Waals surface area contributed by atoms with E-state index in [4.69, 9.17) is 9.47 Å². The summed E-state index contributed by atoms with van der Waals surface area (Å²) in [7, 11) is 3.39. The quantitative estimate of drug-likeness (QED) is 0.287. The van der Waals surface area contributed by atoms with E-state index in [1.165, 1.54) is 31.2 Å². The number of amides is 1. The third-order valence-corrected chi connectivity index (χ3v) is 6.96. The highest BCUT2D eigenvalue weighted by Gasteiger charge is 2.29. The Labute approximate surface area is 214 Å². The van der Waals surface area contributed by atoms with E-state index < -0.39 is 0 Å². The van der Waals surface area contributed by atoms with Crippen LogP contribution in [0, 0.1) is 6.92 Å². The predicted octanol–water partition coefficient (Wildman–Crippen LogP) is 8.19. The number of methoxy groups -OCH3 is 2. The van der Waals surface area contributed by atoms with E-state index in [-0.39, 0.29) is 23.4 Å². The first-order valence-corrected chi connectivity index (χ1v) is 13.2. The monoisotopic (exact) mass is 481 g/mol. The van der Waals surface area contributed by atoms with E-state index in [1.807, 2.05) is 24.0 Å². The molecule has 194 valence electrons. The fourth-order valence-electron chi connectivity index (χ4n) is 4.96. The molecule has 0 N–H and O–H groups in total. The lowest BCUT2D eigenvalue weighted by Gasteiger charge is -2.32. The van der Waals surface area contributed by atoms with Gasteiger partial charge >= 0.3 is 0 Å². The highest BCUT2D eigenvalue weighted by molar-refractivity contribution is 6.03. The molecule has 0 aliphatic heterocycles. The van der Waals surface area contributed by atoms with Crippen molar-refractivity contribution < 1.29 is 14.3 Å². The van der Waals surface area contributed by atoms with Gasteiger partial charge in [-0.1, -0.05) is 64.2 Å². The Morgan fingerprint density at radius 2 is 1.49 bits per heavy atom. The molecule has 0 fully saturated rings. The predicted molar refractivity (Wildman–Crippen MR) is 148 cm³/mol. The molecule has 1 amide bonds. The Hall–Kier alpha value is -2.49. The Kier molecular flexibility index (Phi) is 10.2. The summed E-state index contributed by atoms with van der Waals surface area (Å²) in [5.74, 6) is 1.50. The maximum absolute atomic E-state index is 13.8. The van der Waals surface area contributed by atoms with Crippen LogP contribution in [-0.4, -0.2) is 37.1 Å². The number of unbranched alkanes of at least 4 members (excludes halogenated alkanes) is 3. The zero-order chi connectivity index (χ0) is 26.3. The molecule has 0 aliphatic carbocycles. The number of carbonyl (C=O) groups is 1. The smallest absolute Gasteiger partial charge is 0.254 e. The second-order valence-corrected chi connectivity index (χ2v) is 10.9. The fourth-order valence-corrected chi connectivity index (χ4v) is 4.96. The van der Waals surface area contributed by atoms with Crippen LogP contribution in [0.4, 0.5) is 0 Å². The first-order chi connectivity index (χ1) is 16.5. The summed E-state index contributed by atoms with van der Waals surface area (Å²) in [6, 6.07) is 10.5. The summed E-state index contributed by atoms with van der Waals surface area (Å²) >= 11 is 0. The molecule has 2 rings (SSSR count). The van der Waals surface area contributed by atoms with Crippen LogP contribution in [0.15, 0.2) is 30.3 Å². The summed E-state index contributed by atoms with van der Waals surface area (Å²) in [4.78, 5) is 15.7. The van der Waals surface area contributed by atoms with Gasteiger partial charge in [-0.2, -0.15) is 0 Å². The maximum Gasteiger partial charge on any atom is 0.254 e. The van der Waals surface area contributed by atoms with Gasteiger partial charge in [-0.3, -0.25) is 4.79 Å². The topological polar surface area (TPSA) is 38.8 Å². The fraction of sp³-hybridized carbons (Fsp3) is 0.581. The number of ether oxygens (including phenoxy) is 2. The van der Waals surface area contributed by atoms with Crippen LogP contribution in [0.5, 0.6) is 11.5 Å². The Morgan fingerprint density at radius 3 is 1.97 bits per heavy atom. The number of aryl methyl sites for hydroxylation is 1. The molecule has 0 radical (unpaired) electrons. The van der Waals surface area contributed by atoms with Gasteiger partial charge in [0.15, 0.2) is 0 Å². The summed E-state index contributed by atoms with van der Waals surface area (Å²) in [5, 5.41) is 0. The molecule has 0 aliphatic rings. The summed E-state index contributed by atoms with van der Waals surface area (Å²) in [6.45, 7) is 17.1. The molecule has 0 bridgehead atoms. The first-order valence-electron chi connectivity index (χ1n) is 13.2. The van der Waals surface area contributed by atoms with E-state index in [0.717, 1.165) is 34.6 Å². The van der Waals surface area contributed by atoms with Gasteiger partial charge in [-0.15, -0.1) is 0 Å². The van der Waals surface area contributed by atoms with E-state index in [2.05, 4.69) is 66.7 Å². The van der Waals surface area contributed by atoms with Gasteiger partial charge in [0, 0.05) is 23.2 Å². The van der Waals surface area contributed by atoms with Crippen molar-refractivity contribution in [2.24, 2.45) is 0 Å². The molecule has 35 heavy (non-hydrogen) atoms. The minimum absolute atomic E-state index is 0.00975. The molecule has 0 heterocycles. The van der Waals surface area contributed by atoms with Crippen LogP contribution in [0.3, 0.4) is 0 Å². The van der Waals surface area contributed by atoms with Gasteiger partial charge in [0.2, 0.25) is 0 Å². The average Bonchev–Trinajstić information content (AvgIpc) is 2.80. The minimum Gasteiger partial charge on any atom is -0.496 e. The molecule has 2 aromatic rings. The number of carbonyl (C=O) groups excluding carboxylic acids is 1. The zero-order valence-electron chi connectivity index (χ0n) is 23.7. The summed E-state index contributed by atoms with van der Waals surface area (Å²) < 4.78 is 11.9. The number of rotatable bonds is 12. The van der Waals surface area contributed by atoms with Crippen LogP contribution in [0.25, 0.3) is 11.1 Å². The molecule has 0 atom stereocenters. The molecule has 0 spiro atoms. The largest absolute Gasteiger partial charge is 0.496 e. The van der Waals surface area contributed by atoms with E-state index in [0.29, 0.717) is 5.56 Å². The lowest BCUT2D eigenvalue weighted by Crippen LogP contribution is -2.42. The van der Waals surface area contributed by atoms with Crippen LogP contribution in [-0.2, 0) is 5.41 Å². The number of hydrogen-bond acceptors (Lipinski definition) is 3. The Bertz CT molecular complexity index is 958. The van der Waals surface area contributed by atoms with Crippen LogP contribution in [0.2, 0.25) is 0 Å². The zero-order valence-corrected chi connectivity index (χ0v) is 23.7. The third-order valence-electron chi connectivity index (χ3n) is 6.96. The molecule has 0 unspecified atom stereocenters. The van der Waals surface area contributed by atoms with Crippen LogP contribution < -0.4 is 9.47 Å². The van der Waals surface area contributed by atoms with Crippen molar-refractivity contribution in [2.45, 2.75) is 105 Å². The van der Waals surface area contributed by atoms with Gasteiger partial charge in [0.25, 0.3) is 5.91 Å². The molecule has 0 saturated carbocycles. The normalized spacial score (nSPS) is 11.8. The molecule has 4 heteroatoms. The number of benzene rings is 2. The number of hydrogen-bond donors (Lipinski definition) is 0. The van der Waals surface area contributed by atoms with Gasteiger partial charge in [-0.05, 0) is 70.2 Å². The summed E-state index contributed by atoms with van der Waals surface area (Å²) in [5.41, 5.74) is 4.62. The van der Waals surface area contributed by atoms with Crippen molar-refractivity contribution >= 4 is 5.91 Å². The molecular formula is C31H47NO3. The Balaban J connectivity index is 2.66. The van der Waals surface area contributed by atoms with Gasteiger partial charge in [0.05, 0.1) is 19.8 Å². The molecule has 2 aromatic carbocycles. The highest BCUT2D eigenvalue weighted by atomic mass is 16.5. The van der Waals surface area contributed by atoms with Crippen LogP contribution >= 0.6 is 0 Å². The van der Waals surface area contributed by atoms with Crippen molar-refractivity contribution in [3.63, 3.8) is 0 Å². The average molecular weight is 482 g/mol. The highest BCUT2D eigenvalue weighted by Crippen LogP contribution is 2.45. The van der Waals surface area contributed by atoms with E-state index >= 15 is 0 Å².